The van der Waals surface area contributed by atoms with Crippen molar-refractivity contribution < 1.29 is 28.2 Å². The molecule has 0 aromatic heterocycles. The number of benzene rings is 3. The van der Waals surface area contributed by atoms with Crippen LogP contribution in [0.5, 0.6) is 5.75 Å². The predicted octanol–water partition coefficient (Wildman–Crippen LogP) is 6.77. The zero-order chi connectivity index (χ0) is 32.0. The van der Waals surface area contributed by atoms with Crippen molar-refractivity contribution in [1.29, 1.82) is 0 Å². The molecule has 0 bridgehead atoms. The number of esters is 1. The second-order valence-electron chi connectivity index (χ2n) is 11.0. The van der Waals surface area contributed by atoms with E-state index < -0.39 is 26.5 Å². The van der Waals surface area contributed by atoms with Gasteiger partial charge in [-0.3, -0.25) is 0 Å². The minimum atomic E-state index is -2.83. The van der Waals surface area contributed by atoms with Crippen LogP contribution in [-0.4, -0.2) is 54.1 Å². The number of carbonyl (C=O) groups is 1. The Balaban J connectivity index is 2.03. The lowest BCUT2D eigenvalue weighted by molar-refractivity contribution is -0.100. The molecular formula is C36H41IO6Si. The maximum atomic E-state index is 13.8. The monoisotopic (exact) mass is 724 g/mol. The molecule has 3 aromatic rings. The first kappa shape index (κ1) is 35.3. The van der Waals surface area contributed by atoms with Crippen molar-refractivity contribution in [2.24, 2.45) is 0 Å². The van der Waals surface area contributed by atoms with Gasteiger partial charge in [-0.2, -0.15) is 0 Å². The van der Waals surface area contributed by atoms with Crippen LogP contribution in [0.3, 0.4) is 0 Å². The van der Waals surface area contributed by atoms with Crippen molar-refractivity contribution in [2.75, 3.05) is 27.6 Å². The van der Waals surface area contributed by atoms with Gasteiger partial charge < -0.3 is 23.4 Å². The Labute approximate surface area is 276 Å². The summed E-state index contributed by atoms with van der Waals surface area (Å²) in [5.41, 5.74) is 1.01. The van der Waals surface area contributed by atoms with Gasteiger partial charge in [0.25, 0.3) is 8.32 Å². The first-order chi connectivity index (χ1) is 21.2. The number of rotatable bonds is 15. The summed E-state index contributed by atoms with van der Waals surface area (Å²) in [6.45, 7) is 6.96. The van der Waals surface area contributed by atoms with E-state index in [1.165, 1.54) is 20.3 Å². The molecule has 44 heavy (non-hydrogen) atoms. The third-order valence-corrected chi connectivity index (χ3v) is 12.6. The van der Waals surface area contributed by atoms with Crippen LogP contribution in [0.25, 0.3) is 6.08 Å². The van der Waals surface area contributed by atoms with E-state index in [0.717, 1.165) is 10.4 Å². The second-order valence-corrected chi connectivity index (χ2v) is 16.0. The quantitative estimate of drug-likeness (QED) is 0.0567. The lowest BCUT2D eigenvalue weighted by Gasteiger charge is -2.43. The van der Waals surface area contributed by atoms with Crippen molar-refractivity contribution in [3.8, 4) is 18.1 Å². The molecule has 0 amide bonds. The average molecular weight is 725 g/mol. The fourth-order valence-corrected chi connectivity index (χ4v) is 10.3. The van der Waals surface area contributed by atoms with Gasteiger partial charge >= 0.3 is 5.97 Å². The highest BCUT2D eigenvalue weighted by Crippen LogP contribution is 2.37. The van der Waals surface area contributed by atoms with Gasteiger partial charge in [0.15, 0.2) is 0 Å². The number of hydrogen-bond donors (Lipinski definition) is 0. The largest absolute Gasteiger partial charge is 0.496 e. The number of methoxy groups -OCH3 is 2. The Morgan fingerprint density at radius 2 is 1.61 bits per heavy atom. The van der Waals surface area contributed by atoms with Gasteiger partial charge in [0.1, 0.15) is 30.3 Å². The highest BCUT2D eigenvalue weighted by atomic mass is 127. The second kappa shape index (κ2) is 17.3. The Bertz CT molecular complexity index is 1390. The number of halogens is 1. The first-order valence-electron chi connectivity index (χ1n) is 14.4. The molecule has 0 saturated carbocycles. The van der Waals surface area contributed by atoms with Gasteiger partial charge in [0.05, 0.1) is 7.11 Å². The van der Waals surface area contributed by atoms with Gasteiger partial charge in [0.2, 0.25) is 0 Å². The fraction of sp³-hybridized carbons (Fsp3) is 0.306. The summed E-state index contributed by atoms with van der Waals surface area (Å²) in [5.74, 6) is 2.38. The van der Waals surface area contributed by atoms with E-state index >= 15 is 0 Å². The zero-order valence-corrected chi connectivity index (χ0v) is 29.2. The molecule has 232 valence electrons. The Hall–Kier alpha value is -3.20. The van der Waals surface area contributed by atoms with Crippen LogP contribution in [0.4, 0.5) is 0 Å². The highest BCUT2D eigenvalue weighted by Gasteiger charge is 2.50. The Kier molecular flexibility index (Phi) is 13.9. The summed E-state index contributed by atoms with van der Waals surface area (Å²) in [5, 5.41) is 2.11. The summed E-state index contributed by atoms with van der Waals surface area (Å²) >= 11 is 2.11. The van der Waals surface area contributed by atoms with E-state index in [1.807, 2.05) is 58.7 Å². The van der Waals surface area contributed by atoms with E-state index in [9.17, 15) is 4.79 Å². The molecule has 0 unspecified atom stereocenters. The molecule has 0 aliphatic carbocycles. The van der Waals surface area contributed by atoms with E-state index in [0.29, 0.717) is 29.9 Å². The molecule has 6 nitrogen and oxygen atoms in total. The Morgan fingerprint density at radius 1 is 0.977 bits per heavy atom. The van der Waals surface area contributed by atoms with Crippen LogP contribution in [0.1, 0.15) is 43.1 Å². The predicted molar refractivity (Wildman–Crippen MR) is 188 cm³/mol. The maximum absolute atomic E-state index is 13.8. The summed E-state index contributed by atoms with van der Waals surface area (Å²) in [7, 11) is 0.235. The van der Waals surface area contributed by atoms with Crippen LogP contribution < -0.4 is 15.1 Å². The minimum Gasteiger partial charge on any atom is -0.496 e. The number of ether oxygens (including phenoxy) is 4. The molecule has 0 N–H and O–H groups in total. The summed E-state index contributed by atoms with van der Waals surface area (Å²) in [4.78, 5) is 13.8. The van der Waals surface area contributed by atoms with E-state index in [1.54, 1.807) is 12.1 Å². The van der Waals surface area contributed by atoms with E-state index in [-0.39, 0.29) is 11.8 Å². The summed E-state index contributed by atoms with van der Waals surface area (Å²) in [6, 6.07) is 26.2. The molecule has 0 saturated heterocycles. The van der Waals surface area contributed by atoms with E-state index in [4.69, 9.17) is 29.8 Å². The minimum absolute atomic E-state index is 0.0132. The highest BCUT2D eigenvalue weighted by molar-refractivity contribution is 14.1. The fourth-order valence-electron chi connectivity index (χ4n) is 5.30. The molecule has 2 atom stereocenters. The van der Waals surface area contributed by atoms with Crippen molar-refractivity contribution in [3.63, 3.8) is 0 Å². The third kappa shape index (κ3) is 8.70. The standard InChI is InChI=1S/C36H41IO6Si/c1-7-8-21-31(41-27-39-5)32(43-35(38)34-28(23-25-37)16-15-22-33(34)40-6)24-26-42-44(36(2,3)4,29-17-11-9-12-18-29)30-19-13-10-14-20-30/h1,8-23,25,31-32H,24,26-27H2,2-6H3/b21-8+,25-23+/t31-,32-/m0/s1. The number of carbonyl (C=O) groups excluding carboxylic acids is 1. The van der Waals surface area contributed by atoms with Gasteiger partial charge in [-0.25, -0.2) is 4.79 Å². The van der Waals surface area contributed by atoms with Crippen molar-refractivity contribution in [3.05, 3.63) is 106 Å². The van der Waals surface area contributed by atoms with Crippen LogP contribution in [0.2, 0.25) is 5.04 Å². The molecule has 0 fully saturated rings. The zero-order valence-electron chi connectivity index (χ0n) is 26.0. The van der Waals surface area contributed by atoms with Crippen molar-refractivity contribution in [1.82, 2.24) is 0 Å². The van der Waals surface area contributed by atoms with Gasteiger partial charge in [-0.05, 0) is 49.4 Å². The van der Waals surface area contributed by atoms with Gasteiger partial charge in [-0.1, -0.05) is 122 Å². The van der Waals surface area contributed by atoms with Crippen LogP contribution in [0, 0.1) is 12.3 Å². The lowest BCUT2D eigenvalue weighted by Crippen LogP contribution is -2.66. The van der Waals surface area contributed by atoms with Crippen molar-refractivity contribution in [2.45, 2.75) is 44.4 Å². The number of hydrogen-bond acceptors (Lipinski definition) is 6. The topological polar surface area (TPSA) is 63.2 Å². The van der Waals surface area contributed by atoms with Crippen LogP contribution in [-0.2, 0) is 18.6 Å². The lowest BCUT2D eigenvalue weighted by atomic mass is 10.1. The molecule has 3 rings (SSSR count). The molecule has 0 spiro atoms. The Morgan fingerprint density at radius 3 is 2.14 bits per heavy atom. The third-order valence-electron chi connectivity index (χ3n) is 7.25. The smallest absolute Gasteiger partial charge is 0.342 e. The van der Waals surface area contributed by atoms with E-state index in [2.05, 4.69) is 73.5 Å². The molecule has 0 heterocycles. The number of allylic oxidation sites excluding steroid dienone is 1. The molecule has 3 aromatic carbocycles. The SMILES string of the molecule is C#C/C=C/[C@H](OCOC)[C@H](CCO[Si](c1ccccc1)(c1ccccc1)C(C)(C)C)OC(=O)c1c(/C=C/I)cccc1OC. The summed E-state index contributed by atoms with van der Waals surface area (Å²) in [6.07, 6.45) is 9.53. The summed E-state index contributed by atoms with van der Waals surface area (Å²) < 4.78 is 31.9. The number of terminal acetylenes is 1. The van der Waals surface area contributed by atoms with Crippen LogP contribution in [0.15, 0.2) is 95.1 Å². The first-order valence-corrected chi connectivity index (χ1v) is 17.5. The molecule has 0 aliphatic heterocycles. The average Bonchev–Trinajstić information content (AvgIpc) is 3.03. The van der Waals surface area contributed by atoms with Crippen molar-refractivity contribution >= 4 is 53.3 Å². The van der Waals surface area contributed by atoms with Gasteiger partial charge in [-0.15, -0.1) is 6.42 Å². The maximum Gasteiger partial charge on any atom is 0.342 e. The van der Waals surface area contributed by atoms with Crippen LogP contribution >= 0.6 is 22.6 Å². The molecule has 0 aliphatic rings. The van der Waals surface area contributed by atoms with Gasteiger partial charge in [0, 0.05) is 20.1 Å². The molecular weight excluding hydrogens is 683 g/mol. The normalized spacial score (nSPS) is 13.5. The molecule has 0 radical (unpaired) electrons. The molecule has 8 heteroatoms.